The lowest BCUT2D eigenvalue weighted by Crippen LogP contribution is -2.00. The Kier molecular flexibility index (Phi) is 3.72. The molecule has 0 bridgehead atoms. The van der Waals surface area contributed by atoms with E-state index in [-0.39, 0.29) is 5.88 Å². The first kappa shape index (κ1) is 12.0. The Morgan fingerprint density at radius 2 is 2.00 bits per heavy atom. The van der Waals surface area contributed by atoms with Crippen LogP contribution in [0.25, 0.3) is 0 Å². The van der Waals surface area contributed by atoms with Gasteiger partial charge < -0.3 is 10.1 Å². The molecule has 0 fully saturated rings. The molecule has 1 aromatic heterocycles. The van der Waals surface area contributed by atoms with Gasteiger partial charge >= 0.3 is 0 Å². The molecule has 2 rings (SSSR count). The molecule has 0 saturated carbocycles. The van der Waals surface area contributed by atoms with E-state index < -0.39 is 5.82 Å². The molecule has 0 aliphatic carbocycles. The minimum absolute atomic E-state index is 0.0921. The third kappa shape index (κ3) is 3.02. The average Bonchev–Trinajstić information content (AvgIpc) is 2.35. The molecule has 6 heteroatoms. The summed E-state index contributed by atoms with van der Waals surface area (Å²) in [6.07, 6.45) is 1.07. The maximum atomic E-state index is 13.4. The number of aromatic nitrogens is 2. The standard InChI is InChI=1S/C11H9FIN3O/c1-14-11-15-6-9(12)10(16-11)17-8-4-2-7(13)3-5-8/h2-6H,1H3,(H,14,15,16). The Hall–Kier alpha value is -1.44. The zero-order valence-electron chi connectivity index (χ0n) is 8.95. The first-order valence-electron chi connectivity index (χ1n) is 4.83. The van der Waals surface area contributed by atoms with E-state index in [1.54, 1.807) is 19.2 Å². The van der Waals surface area contributed by atoms with E-state index >= 15 is 0 Å². The SMILES string of the molecule is CNc1ncc(F)c(Oc2ccc(I)cc2)n1. The number of halogens is 2. The van der Waals surface area contributed by atoms with E-state index in [1.807, 2.05) is 12.1 Å². The van der Waals surface area contributed by atoms with Gasteiger partial charge in [0.15, 0.2) is 0 Å². The molecule has 4 nitrogen and oxygen atoms in total. The van der Waals surface area contributed by atoms with Crippen LogP contribution >= 0.6 is 22.6 Å². The predicted octanol–water partition coefficient (Wildman–Crippen LogP) is 3.05. The van der Waals surface area contributed by atoms with Crippen molar-refractivity contribution in [3.8, 4) is 11.6 Å². The van der Waals surface area contributed by atoms with Gasteiger partial charge in [0.1, 0.15) is 5.75 Å². The fraction of sp³-hybridized carbons (Fsp3) is 0.0909. The summed E-state index contributed by atoms with van der Waals surface area (Å²) in [5.74, 6) is 0.157. The van der Waals surface area contributed by atoms with Crippen LogP contribution in [0.1, 0.15) is 0 Å². The third-order valence-electron chi connectivity index (χ3n) is 1.96. The lowest BCUT2D eigenvalue weighted by molar-refractivity contribution is 0.420. The summed E-state index contributed by atoms with van der Waals surface area (Å²) >= 11 is 2.18. The van der Waals surface area contributed by atoms with Crippen LogP contribution in [0, 0.1) is 9.39 Å². The first-order chi connectivity index (χ1) is 8.19. The van der Waals surface area contributed by atoms with Crippen molar-refractivity contribution in [3.05, 3.63) is 39.8 Å². The van der Waals surface area contributed by atoms with Gasteiger partial charge in [0.25, 0.3) is 5.88 Å². The summed E-state index contributed by atoms with van der Waals surface area (Å²) in [6.45, 7) is 0. The number of hydrogen-bond donors (Lipinski definition) is 1. The second-order valence-electron chi connectivity index (χ2n) is 3.15. The van der Waals surface area contributed by atoms with Crippen molar-refractivity contribution in [1.29, 1.82) is 0 Å². The van der Waals surface area contributed by atoms with Gasteiger partial charge in [-0.05, 0) is 46.9 Å². The number of ether oxygens (including phenoxy) is 1. The molecule has 0 spiro atoms. The molecule has 1 N–H and O–H groups in total. The average molecular weight is 345 g/mol. The zero-order chi connectivity index (χ0) is 12.3. The molecular formula is C11H9FIN3O. The van der Waals surface area contributed by atoms with Gasteiger partial charge in [0.2, 0.25) is 11.8 Å². The van der Waals surface area contributed by atoms with Crippen molar-refractivity contribution >= 4 is 28.5 Å². The normalized spacial score (nSPS) is 10.1. The summed E-state index contributed by atoms with van der Waals surface area (Å²) in [5.41, 5.74) is 0. The van der Waals surface area contributed by atoms with Crippen molar-refractivity contribution in [2.45, 2.75) is 0 Å². The van der Waals surface area contributed by atoms with Crippen LogP contribution < -0.4 is 10.1 Å². The highest BCUT2D eigenvalue weighted by atomic mass is 127. The van der Waals surface area contributed by atoms with E-state index in [0.717, 1.165) is 9.77 Å². The van der Waals surface area contributed by atoms with E-state index in [4.69, 9.17) is 4.74 Å². The van der Waals surface area contributed by atoms with Crippen molar-refractivity contribution in [2.75, 3.05) is 12.4 Å². The molecule has 0 amide bonds. The molecule has 0 atom stereocenters. The number of benzene rings is 1. The maximum Gasteiger partial charge on any atom is 0.260 e. The van der Waals surface area contributed by atoms with Gasteiger partial charge in [-0.1, -0.05) is 0 Å². The topological polar surface area (TPSA) is 47.0 Å². The van der Waals surface area contributed by atoms with Crippen LogP contribution in [-0.4, -0.2) is 17.0 Å². The summed E-state index contributed by atoms with van der Waals surface area (Å²) in [5, 5.41) is 2.72. The fourth-order valence-corrected chi connectivity index (χ4v) is 1.52. The maximum absolute atomic E-state index is 13.4. The number of hydrogen-bond acceptors (Lipinski definition) is 4. The number of rotatable bonds is 3. The molecule has 0 aliphatic heterocycles. The van der Waals surface area contributed by atoms with Crippen molar-refractivity contribution in [2.24, 2.45) is 0 Å². The summed E-state index contributed by atoms with van der Waals surface area (Å²) < 4.78 is 19.8. The largest absolute Gasteiger partial charge is 0.436 e. The second kappa shape index (κ2) is 5.26. The Morgan fingerprint density at radius 3 is 2.65 bits per heavy atom. The molecule has 1 aromatic carbocycles. The summed E-state index contributed by atoms with van der Waals surface area (Å²) in [4.78, 5) is 7.62. The summed E-state index contributed by atoms with van der Waals surface area (Å²) in [7, 11) is 1.65. The Bertz CT molecular complexity index is 519. The van der Waals surface area contributed by atoms with E-state index in [9.17, 15) is 4.39 Å². The number of anilines is 1. The van der Waals surface area contributed by atoms with Gasteiger partial charge in [0, 0.05) is 10.6 Å². The molecule has 2 aromatic rings. The van der Waals surface area contributed by atoms with Gasteiger partial charge in [0.05, 0.1) is 6.20 Å². The first-order valence-corrected chi connectivity index (χ1v) is 5.90. The fourth-order valence-electron chi connectivity index (χ4n) is 1.16. The van der Waals surface area contributed by atoms with E-state index in [2.05, 4.69) is 37.9 Å². The van der Waals surface area contributed by atoms with Crippen LogP contribution in [0.15, 0.2) is 30.5 Å². The monoisotopic (exact) mass is 345 g/mol. The Balaban J connectivity index is 2.25. The highest BCUT2D eigenvalue weighted by Crippen LogP contribution is 2.23. The van der Waals surface area contributed by atoms with Gasteiger partial charge in [-0.2, -0.15) is 9.37 Å². The Labute approximate surface area is 111 Å². The summed E-state index contributed by atoms with van der Waals surface area (Å²) in [6, 6.07) is 7.24. The molecule has 0 radical (unpaired) electrons. The molecule has 0 aliphatic rings. The molecule has 0 saturated heterocycles. The molecule has 88 valence electrons. The quantitative estimate of drug-likeness (QED) is 0.869. The number of nitrogens with zero attached hydrogens (tertiary/aromatic N) is 2. The lowest BCUT2D eigenvalue weighted by atomic mass is 10.3. The van der Waals surface area contributed by atoms with Crippen LogP contribution in [-0.2, 0) is 0 Å². The molecule has 17 heavy (non-hydrogen) atoms. The van der Waals surface area contributed by atoms with Crippen LogP contribution in [0.2, 0.25) is 0 Å². The smallest absolute Gasteiger partial charge is 0.260 e. The minimum atomic E-state index is -0.595. The van der Waals surface area contributed by atoms with Crippen molar-refractivity contribution in [1.82, 2.24) is 9.97 Å². The predicted molar refractivity (Wildman–Crippen MR) is 70.8 cm³/mol. The zero-order valence-corrected chi connectivity index (χ0v) is 11.1. The lowest BCUT2D eigenvalue weighted by Gasteiger charge is -2.06. The van der Waals surface area contributed by atoms with E-state index in [0.29, 0.717) is 11.7 Å². The van der Waals surface area contributed by atoms with Gasteiger partial charge in [-0.25, -0.2) is 4.98 Å². The molecular weight excluding hydrogens is 336 g/mol. The van der Waals surface area contributed by atoms with Crippen molar-refractivity contribution < 1.29 is 9.13 Å². The van der Waals surface area contributed by atoms with E-state index in [1.165, 1.54) is 0 Å². The third-order valence-corrected chi connectivity index (χ3v) is 2.68. The highest BCUT2D eigenvalue weighted by Gasteiger charge is 2.08. The Morgan fingerprint density at radius 1 is 1.29 bits per heavy atom. The van der Waals surface area contributed by atoms with Crippen molar-refractivity contribution in [3.63, 3.8) is 0 Å². The van der Waals surface area contributed by atoms with Crippen LogP contribution in [0.5, 0.6) is 11.6 Å². The highest BCUT2D eigenvalue weighted by molar-refractivity contribution is 14.1. The number of nitrogens with one attached hydrogen (secondary N) is 1. The van der Waals surface area contributed by atoms with Gasteiger partial charge in [-0.15, -0.1) is 0 Å². The molecule has 1 heterocycles. The minimum Gasteiger partial charge on any atom is -0.436 e. The van der Waals surface area contributed by atoms with Crippen LogP contribution in [0.3, 0.4) is 0 Å². The second-order valence-corrected chi connectivity index (χ2v) is 4.40. The van der Waals surface area contributed by atoms with Gasteiger partial charge in [-0.3, -0.25) is 0 Å². The van der Waals surface area contributed by atoms with Crippen LogP contribution in [0.4, 0.5) is 10.3 Å². The molecule has 0 unspecified atom stereocenters.